The largest absolute Gasteiger partial charge is 0.496 e. The van der Waals surface area contributed by atoms with Crippen molar-refractivity contribution < 1.29 is 37.0 Å². The number of carbonyl (C=O) groups excluding carboxylic acids is 2. The quantitative estimate of drug-likeness (QED) is 0.246. The van der Waals surface area contributed by atoms with Crippen LogP contribution in [0.3, 0.4) is 0 Å². The van der Waals surface area contributed by atoms with Gasteiger partial charge in [0.2, 0.25) is 0 Å². The van der Waals surface area contributed by atoms with Gasteiger partial charge in [-0.2, -0.15) is 13.2 Å². The van der Waals surface area contributed by atoms with Crippen LogP contribution in [0.1, 0.15) is 94.2 Å². The molecule has 3 atom stereocenters. The Kier molecular flexibility index (Phi) is 10.3. The van der Waals surface area contributed by atoms with E-state index in [1.807, 2.05) is 32.9 Å². The molecule has 1 saturated heterocycles. The zero-order valence-electron chi connectivity index (χ0n) is 27.6. The molecule has 0 spiro atoms. The van der Waals surface area contributed by atoms with E-state index in [1.165, 1.54) is 7.11 Å². The molecule has 1 aliphatic carbocycles. The molecule has 4 rings (SSSR count). The molecule has 2 aromatic carbocycles. The lowest BCUT2D eigenvalue weighted by Crippen LogP contribution is -2.35. The Labute approximate surface area is 264 Å². The highest BCUT2D eigenvalue weighted by Gasteiger charge is 2.42. The number of hydrogen-bond acceptors (Lipinski definition) is 5. The number of alkyl halides is 3. The summed E-state index contributed by atoms with van der Waals surface area (Å²) in [5, 5.41) is 0. The lowest BCUT2D eigenvalue weighted by molar-refractivity contribution is -0.147. The summed E-state index contributed by atoms with van der Waals surface area (Å²) in [5.74, 6) is 0.468. The van der Waals surface area contributed by atoms with Crippen molar-refractivity contribution in [2.45, 2.75) is 92.0 Å². The molecule has 2 aliphatic rings. The molecule has 9 heteroatoms. The van der Waals surface area contributed by atoms with Crippen molar-refractivity contribution >= 4 is 17.6 Å². The van der Waals surface area contributed by atoms with Gasteiger partial charge in [-0.15, -0.1) is 0 Å². The molecule has 0 N–H and O–H groups in total. The third kappa shape index (κ3) is 7.85. The highest BCUT2D eigenvalue weighted by Crippen LogP contribution is 2.46. The van der Waals surface area contributed by atoms with Gasteiger partial charge in [-0.3, -0.25) is 9.69 Å². The summed E-state index contributed by atoms with van der Waals surface area (Å²) in [6.45, 7) is 12.2. The smallest absolute Gasteiger partial charge is 0.416 e. The lowest BCUT2D eigenvalue weighted by atomic mass is 9.72. The van der Waals surface area contributed by atoms with Gasteiger partial charge in [0.25, 0.3) is 0 Å². The maximum absolute atomic E-state index is 13.6. The minimum atomic E-state index is -4.50. The molecular formula is C36H46F3NO5. The minimum absolute atomic E-state index is 0.000893. The zero-order valence-corrected chi connectivity index (χ0v) is 27.6. The van der Waals surface area contributed by atoms with Crippen molar-refractivity contribution in [1.82, 2.24) is 4.90 Å². The van der Waals surface area contributed by atoms with Crippen LogP contribution >= 0.6 is 0 Å². The van der Waals surface area contributed by atoms with E-state index < -0.39 is 30.0 Å². The van der Waals surface area contributed by atoms with E-state index in [2.05, 4.69) is 19.9 Å². The normalized spacial score (nSPS) is 20.8. The second kappa shape index (κ2) is 13.5. The molecule has 1 heterocycles. The fourth-order valence-electron chi connectivity index (χ4n) is 6.74. The number of carbonyl (C=O) groups is 2. The molecule has 6 nitrogen and oxygen atoms in total. The number of rotatable bonds is 10. The average molecular weight is 630 g/mol. The Hall–Kier alpha value is -3.49. The number of amides is 1. The first kappa shape index (κ1) is 34.4. The topological polar surface area (TPSA) is 65.1 Å². The van der Waals surface area contributed by atoms with Crippen molar-refractivity contribution in [3.8, 4) is 5.75 Å². The Balaban J connectivity index is 1.67. The Morgan fingerprint density at radius 1 is 1.13 bits per heavy atom. The van der Waals surface area contributed by atoms with Crippen LogP contribution in [-0.2, 0) is 26.9 Å². The van der Waals surface area contributed by atoms with Gasteiger partial charge in [-0.1, -0.05) is 45.4 Å². The molecule has 1 fully saturated rings. The molecule has 0 aromatic heterocycles. The van der Waals surface area contributed by atoms with Gasteiger partial charge < -0.3 is 14.2 Å². The van der Waals surface area contributed by atoms with E-state index in [0.717, 1.165) is 59.4 Å². The summed E-state index contributed by atoms with van der Waals surface area (Å²) in [6, 6.07) is 9.47. The third-order valence-corrected chi connectivity index (χ3v) is 9.32. The molecular weight excluding hydrogens is 583 g/mol. The standard InChI is InChI=1S/C36H46F3NO5/c1-21(2)28(33(41)44-8)11-9-24-10-12-31(43-7)30(17-24)29-13-14-35(5,6)19-26(29)20-40-23(4)32(45-34(40)42)25-15-22(3)16-27(18-25)36(37,38)39/h10,12,15-18,21,23,28,32H,9,11,13-14,19-20H2,1-8H3/t23-,28+,32-/m0/s1. The maximum Gasteiger partial charge on any atom is 0.416 e. The van der Waals surface area contributed by atoms with Crippen molar-refractivity contribution in [3.05, 3.63) is 69.8 Å². The third-order valence-electron chi connectivity index (χ3n) is 9.32. The zero-order chi connectivity index (χ0) is 33.3. The van der Waals surface area contributed by atoms with E-state index in [-0.39, 0.29) is 23.2 Å². The van der Waals surface area contributed by atoms with E-state index in [0.29, 0.717) is 30.5 Å². The molecule has 1 amide bonds. The Morgan fingerprint density at radius 2 is 1.84 bits per heavy atom. The van der Waals surface area contributed by atoms with Crippen LogP contribution in [0.2, 0.25) is 0 Å². The van der Waals surface area contributed by atoms with Crippen LogP contribution < -0.4 is 4.74 Å². The monoisotopic (exact) mass is 629 g/mol. The summed E-state index contributed by atoms with van der Waals surface area (Å²) in [6.07, 6.45) is -2.03. The lowest BCUT2D eigenvalue weighted by Gasteiger charge is -2.36. The highest BCUT2D eigenvalue weighted by molar-refractivity contribution is 5.77. The molecule has 0 unspecified atom stereocenters. The molecule has 246 valence electrons. The SMILES string of the molecule is COC(=O)[C@H](CCc1ccc(OC)c(C2=C(CN3C(=O)O[C@H](c4cc(C)cc(C(F)(F)F)c4)[C@@H]3C)CC(C)(C)CC2)c1)C(C)C. The Bertz CT molecular complexity index is 1440. The van der Waals surface area contributed by atoms with Crippen LogP contribution in [0.25, 0.3) is 5.57 Å². The second-order valence-electron chi connectivity index (χ2n) is 13.7. The summed E-state index contributed by atoms with van der Waals surface area (Å²) in [4.78, 5) is 27.3. The number of allylic oxidation sites excluding steroid dienone is 1. The van der Waals surface area contributed by atoms with Crippen LogP contribution in [0, 0.1) is 24.2 Å². The van der Waals surface area contributed by atoms with Gasteiger partial charge in [0.05, 0.1) is 31.7 Å². The summed E-state index contributed by atoms with van der Waals surface area (Å²) >= 11 is 0. The highest BCUT2D eigenvalue weighted by atomic mass is 19.4. The van der Waals surface area contributed by atoms with Gasteiger partial charge in [0.1, 0.15) is 11.9 Å². The van der Waals surface area contributed by atoms with Gasteiger partial charge in [0.15, 0.2) is 0 Å². The minimum Gasteiger partial charge on any atom is -0.496 e. The summed E-state index contributed by atoms with van der Waals surface area (Å²) in [7, 11) is 3.06. The van der Waals surface area contributed by atoms with Gasteiger partial charge in [-0.25, -0.2) is 4.79 Å². The number of methoxy groups -OCH3 is 2. The molecule has 0 saturated carbocycles. The number of nitrogens with zero attached hydrogens (tertiary/aromatic N) is 1. The number of ether oxygens (including phenoxy) is 3. The first-order chi connectivity index (χ1) is 21.0. The van der Waals surface area contributed by atoms with E-state index >= 15 is 0 Å². The first-order valence-electron chi connectivity index (χ1n) is 15.7. The fourth-order valence-corrected chi connectivity index (χ4v) is 6.74. The molecule has 0 radical (unpaired) electrons. The van der Waals surface area contributed by atoms with Crippen LogP contribution in [0.4, 0.5) is 18.0 Å². The van der Waals surface area contributed by atoms with Crippen LogP contribution in [0.15, 0.2) is 42.0 Å². The van der Waals surface area contributed by atoms with Gasteiger partial charge >= 0.3 is 18.2 Å². The van der Waals surface area contributed by atoms with Crippen molar-refractivity contribution in [2.24, 2.45) is 17.3 Å². The number of benzene rings is 2. The molecule has 45 heavy (non-hydrogen) atoms. The van der Waals surface area contributed by atoms with Gasteiger partial charge in [-0.05, 0) is 104 Å². The predicted molar refractivity (Wildman–Crippen MR) is 168 cm³/mol. The number of cyclic esters (lactones) is 1. The molecule has 2 aromatic rings. The number of hydrogen-bond donors (Lipinski definition) is 0. The molecule has 1 aliphatic heterocycles. The number of halogens is 3. The van der Waals surface area contributed by atoms with E-state index in [1.54, 1.807) is 25.0 Å². The molecule has 0 bridgehead atoms. The number of aryl methyl sites for hydroxylation is 2. The van der Waals surface area contributed by atoms with E-state index in [9.17, 15) is 22.8 Å². The fraction of sp³-hybridized carbons (Fsp3) is 0.556. The summed E-state index contributed by atoms with van der Waals surface area (Å²) < 4.78 is 57.3. The van der Waals surface area contributed by atoms with Crippen LogP contribution in [0.5, 0.6) is 5.75 Å². The second-order valence-corrected chi connectivity index (χ2v) is 13.7. The van der Waals surface area contributed by atoms with Gasteiger partial charge in [0, 0.05) is 12.1 Å². The Morgan fingerprint density at radius 3 is 2.47 bits per heavy atom. The average Bonchev–Trinajstić information content (AvgIpc) is 3.24. The first-order valence-corrected chi connectivity index (χ1v) is 15.7. The van der Waals surface area contributed by atoms with Crippen molar-refractivity contribution in [3.63, 3.8) is 0 Å². The van der Waals surface area contributed by atoms with Crippen LogP contribution in [-0.4, -0.2) is 43.8 Å². The summed E-state index contributed by atoms with van der Waals surface area (Å²) in [5.41, 5.74) is 4.27. The number of esters is 1. The van der Waals surface area contributed by atoms with Crippen molar-refractivity contribution in [1.29, 1.82) is 0 Å². The maximum atomic E-state index is 13.6. The van der Waals surface area contributed by atoms with E-state index in [4.69, 9.17) is 14.2 Å². The van der Waals surface area contributed by atoms with Crippen molar-refractivity contribution in [2.75, 3.05) is 20.8 Å². The predicted octanol–water partition coefficient (Wildman–Crippen LogP) is 8.95.